The zero-order valence-electron chi connectivity index (χ0n) is 8.23. The first-order valence-electron chi connectivity index (χ1n) is 4.51. The number of carbonyl (C=O) groups is 2. The van der Waals surface area contributed by atoms with E-state index in [-0.39, 0.29) is 12.5 Å². The maximum absolute atomic E-state index is 10.2. The van der Waals surface area contributed by atoms with Crippen molar-refractivity contribution in [3.05, 3.63) is 0 Å². The van der Waals surface area contributed by atoms with Crippen LogP contribution in [0.25, 0.3) is 0 Å². The molecule has 1 aliphatic rings. The van der Waals surface area contributed by atoms with E-state index in [0.717, 1.165) is 25.7 Å². The van der Waals surface area contributed by atoms with Crippen LogP contribution in [-0.2, 0) is 14.3 Å². The van der Waals surface area contributed by atoms with Gasteiger partial charge in [0.1, 0.15) is 6.61 Å². The lowest BCUT2D eigenvalue weighted by molar-refractivity contribution is -0.142. The molecule has 2 N–H and O–H groups in total. The van der Waals surface area contributed by atoms with Gasteiger partial charge in [0.25, 0.3) is 0 Å². The van der Waals surface area contributed by atoms with E-state index < -0.39 is 11.9 Å². The highest BCUT2D eigenvalue weighted by Crippen LogP contribution is 2.24. The highest BCUT2D eigenvalue weighted by Gasteiger charge is 2.20. The van der Waals surface area contributed by atoms with Gasteiger partial charge in [0, 0.05) is 7.11 Å². The van der Waals surface area contributed by atoms with Crippen molar-refractivity contribution in [2.24, 2.45) is 5.92 Å². The molecule has 14 heavy (non-hydrogen) atoms. The minimum Gasteiger partial charge on any atom is -0.481 e. The fourth-order valence-electron chi connectivity index (χ4n) is 1.30. The Morgan fingerprint density at radius 2 is 1.79 bits per heavy atom. The van der Waals surface area contributed by atoms with Gasteiger partial charge in [-0.2, -0.15) is 0 Å². The molecule has 0 heterocycles. The minimum atomic E-state index is -0.933. The maximum Gasteiger partial charge on any atom is 0.329 e. The van der Waals surface area contributed by atoms with Crippen molar-refractivity contribution in [1.29, 1.82) is 0 Å². The van der Waals surface area contributed by atoms with Crippen LogP contribution < -0.4 is 0 Å². The van der Waals surface area contributed by atoms with Crippen molar-refractivity contribution < 1.29 is 24.5 Å². The normalized spacial score (nSPS) is 15.8. The average Bonchev–Trinajstić information content (AvgIpc) is 2.56. The first-order valence-corrected chi connectivity index (χ1v) is 4.51. The Labute approximate surface area is 82.7 Å². The number of aliphatic carboxylic acids is 2. The zero-order chi connectivity index (χ0) is 11.0. The molecule has 0 bridgehead atoms. The number of rotatable bonds is 3. The fraction of sp³-hybridized carbons (Fsp3) is 0.778. The van der Waals surface area contributed by atoms with Gasteiger partial charge in [-0.25, -0.2) is 4.79 Å². The Morgan fingerprint density at radius 3 is 1.93 bits per heavy atom. The van der Waals surface area contributed by atoms with Gasteiger partial charge in [0.05, 0.1) is 5.92 Å². The van der Waals surface area contributed by atoms with Gasteiger partial charge in [-0.15, -0.1) is 0 Å². The molecule has 82 valence electrons. The number of hydrogen-bond donors (Lipinski definition) is 2. The minimum absolute atomic E-state index is 0.0185. The molecule has 0 aliphatic heterocycles. The topological polar surface area (TPSA) is 83.8 Å². The lowest BCUT2D eigenvalue weighted by atomic mass is 10.1. The Morgan fingerprint density at radius 1 is 1.29 bits per heavy atom. The summed E-state index contributed by atoms with van der Waals surface area (Å²) in [5, 5.41) is 16.2. The molecular formula is C9H16O5. The molecule has 5 heteroatoms. The molecule has 1 saturated carbocycles. The average molecular weight is 204 g/mol. The summed E-state index contributed by atoms with van der Waals surface area (Å²) in [6.45, 7) is -0.208. The molecule has 0 spiro atoms. The van der Waals surface area contributed by atoms with Crippen LogP contribution in [0, 0.1) is 5.92 Å². The van der Waals surface area contributed by atoms with E-state index in [9.17, 15) is 9.59 Å². The van der Waals surface area contributed by atoms with Crippen molar-refractivity contribution in [3.63, 3.8) is 0 Å². The van der Waals surface area contributed by atoms with Gasteiger partial charge in [-0.3, -0.25) is 4.79 Å². The summed E-state index contributed by atoms with van der Waals surface area (Å²) in [7, 11) is 1.34. The number of carboxylic acid groups (broad SMARTS) is 2. The predicted octanol–water partition coefficient (Wildman–Crippen LogP) is 0.979. The molecule has 1 rings (SSSR count). The molecule has 0 aromatic carbocycles. The standard InChI is InChI=1S/C6H10O2.C3H6O3/c7-6(8)5-3-1-2-4-5;1-6-2-3(4)5/h5H,1-4H2,(H,7,8);2H2,1H3,(H,4,5). The van der Waals surface area contributed by atoms with Crippen molar-refractivity contribution in [3.8, 4) is 0 Å². The van der Waals surface area contributed by atoms with Gasteiger partial charge in [-0.05, 0) is 12.8 Å². The maximum atomic E-state index is 10.2. The summed E-state index contributed by atoms with van der Waals surface area (Å²) >= 11 is 0. The van der Waals surface area contributed by atoms with Crippen molar-refractivity contribution in [2.75, 3.05) is 13.7 Å². The SMILES string of the molecule is COCC(=O)O.O=C(O)C1CCCC1. The van der Waals surface area contributed by atoms with Crippen LogP contribution in [0.3, 0.4) is 0 Å². The quantitative estimate of drug-likeness (QED) is 0.715. The summed E-state index contributed by atoms with van der Waals surface area (Å²) < 4.78 is 4.20. The van der Waals surface area contributed by atoms with E-state index in [1.54, 1.807) is 0 Å². The van der Waals surface area contributed by atoms with Gasteiger partial charge < -0.3 is 14.9 Å². The number of carboxylic acids is 2. The second-order valence-electron chi connectivity index (χ2n) is 3.15. The third kappa shape index (κ3) is 6.42. The monoisotopic (exact) mass is 204 g/mol. The molecule has 5 nitrogen and oxygen atoms in total. The third-order valence-corrected chi connectivity index (χ3v) is 1.97. The summed E-state index contributed by atoms with van der Waals surface area (Å²) in [6.07, 6.45) is 4.01. The van der Waals surface area contributed by atoms with Gasteiger partial charge in [0.15, 0.2) is 0 Å². The Kier molecular flexibility index (Phi) is 6.74. The number of ether oxygens (including phenoxy) is 1. The van der Waals surface area contributed by atoms with Crippen LogP contribution in [0.4, 0.5) is 0 Å². The molecule has 0 atom stereocenters. The molecule has 0 saturated heterocycles. The molecule has 0 radical (unpaired) electrons. The van der Waals surface area contributed by atoms with Crippen LogP contribution in [-0.4, -0.2) is 35.9 Å². The molecular weight excluding hydrogens is 188 g/mol. The van der Waals surface area contributed by atoms with E-state index in [1.165, 1.54) is 7.11 Å². The van der Waals surface area contributed by atoms with Crippen LogP contribution >= 0.6 is 0 Å². The van der Waals surface area contributed by atoms with E-state index in [1.807, 2.05) is 0 Å². The second kappa shape index (κ2) is 7.32. The van der Waals surface area contributed by atoms with Crippen molar-refractivity contribution >= 4 is 11.9 Å². The molecule has 0 amide bonds. The van der Waals surface area contributed by atoms with E-state index >= 15 is 0 Å². The van der Waals surface area contributed by atoms with Gasteiger partial charge in [-0.1, -0.05) is 12.8 Å². The first-order chi connectivity index (χ1) is 6.57. The van der Waals surface area contributed by atoms with Crippen LogP contribution in [0.2, 0.25) is 0 Å². The summed E-state index contributed by atoms with van der Waals surface area (Å²) in [4.78, 5) is 19.7. The van der Waals surface area contributed by atoms with Gasteiger partial charge in [0.2, 0.25) is 0 Å². The lowest BCUT2D eigenvalue weighted by Gasteiger charge is -1.97. The van der Waals surface area contributed by atoms with E-state index in [4.69, 9.17) is 10.2 Å². The smallest absolute Gasteiger partial charge is 0.329 e. The van der Waals surface area contributed by atoms with E-state index in [2.05, 4.69) is 4.74 Å². The molecule has 1 aliphatic carbocycles. The van der Waals surface area contributed by atoms with Crippen LogP contribution in [0.5, 0.6) is 0 Å². The summed E-state index contributed by atoms with van der Waals surface area (Å²) in [5.74, 6) is -1.56. The highest BCUT2D eigenvalue weighted by molar-refractivity contribution is 5.70. The molecule has 1 fully saturated rings. The Hall–Kier alpha value is -1.10. The number of hydrogen-bond acceptors (Lipinski definition) is 3. The third-order valence-electron chi connectivity index (χ3n) is 1.97. The Balaban J connectivity index is 0.000000255. The summed E-state index contributed by atoms with van der Waals surface area (Å²) in [5.41, 5.74) is 0. The second-order valence-corrected chi connectivity index (χ2v) is 3.15. The van der Waals surface area contributed by atoms with Crippen LogP contribution in [0.1, 0.15) is 25.7 Å². The molecule has 0 unspecified atom stereocenters. The fourth-order valence-corrected chi connectivity index (χ4v) is 1.30. The van der Waals surface area contributed by atoms with Gasteiger partial charge >= 0.3 is 11.9 Å². The highest BCUT2D eigenvalue weighted by atomic mass is 16.5. The van der Waals surface area contributed by atoms with Crippen LogP contribution in [0.15, 0.2) is 0 Å². The largest absolute Gasteiger partial charge is 0.481 e. The van der Waals surface area contributed by atoms with Crippen molar-refractivity contribution in [1.82, 2.24) is 0 Å². The number of methoxy groups -OCH3 is 1. The Bertz CT molecular complexity index is 184. The van der Waals surface area contributed by atoms with Crippen molar-refractivity contribution in [2.45, 2.75) is 25.7 Å². The first kappa shape index (κ1) is 12.9. The predicted molar refractivity (Wildman–Crippen MR) is 49.1 cm³/mol. The summed E-state index contributed by atoms with van der Waals surface area (Å²) in [6, 6.07) is 0. The lowest BCUT2D eigenvalue weighted by Crippen LogP contribution is -2.07. The molecule has 0 aromatic rings. The molecule has 0 aromatic heterocycles. The zero-order valence-corrected chi connectivity index (χ0v) is 8.23. The van der Waals surface area contributed by atoms with E-state index in [0.29, 0.717) is 0 Å².